The van der Waals surface area contributed by atoms with Gasteiger partial charge < -0.3 is 5.11 Å². The van der Waals surface area contributed by atoms with E-state index in [1.54, 1.807) is 6.07 Å². The fourth-order valence-corrected chi connectivity index (χ4v) is 2.26. The number of benzene rings is 3. The molecule has 0 saturated carbocycles. The van der Waals surface area contributed by atoms with Crippen LogP contribution in [0.4, 0.5) is 10.5 Å². The Hall–Kier alpha value is -2.55. The standard InChI is InChI=1S/C15H11NO2/c17-15(18)16-14-7-3-6-12-11-5-2-1-4-10(11)8-9-13(12)14/h1-9,16H,(H,17,18). The Morgan fingerprint density at radius 1 is 0.833 bits per heavy atom. The monoisotopic (exact) mass is 237 g/mol. The van der Waals surface area contributed by atoms with Gasteiger partial charge in [0.05, 0.1) is 5.69 Å². The zero-order chi connectivity index (χ0) is 12.5. The van der Waals surface area contributed by atoms with Gasteiger partial charge in [0.25, 0.3) is 0 Å². The molecule has 0 aliphatic heterocycles. The predicted octanol–water partition coefficient (Wildman–Crippen LogP) is 4.08. The second kappa shape index (κ2) is 4.04. The molecule has 1 amide bonds. The van der Waals surface area contributed by atoms with Gasteiger partial charge in [-0.1, -0.05) is 48.5 Å². The summed E-state index contributed by atoms with van der Waals surface area (Å²) in [5, 5.41) is 15.5. The average Bonchev–Trinajstić information content (AvgIpc) is 2.38. The van der Waals surface area contributed by atoms with Crippen LogP contribution in [0.5, 0.6) is 0 Å². The molecule has 3 aromatic carbocycles. The number of rotatable bonds is 1. The summed E-state index contributed by atoms with van der Waals surface area (Å²) in [5.41, 5.74) is 0.616. The Bertz CT molecular complexity index is 750. The van der Waals surface area contributed by atoms with Crippen molar-refractivity contribution in [2.45, 2.75) is 0 Å². The molecule has 0 saturated heterocycles. The van der Waals surface area contributed by atoms with Crippen LogP contribution in [-0.2, 0) is 0 Å². The van der Waals surface area contributed by atoms with Crippen molar-refractivity contribution in [3.8, 4) is 0 Å². The van der Waals surface area contributed by atoms with Gasteiger partial charge in [-0.15, -0.1) is 0 Å². The normalized spacial score (nSPS) is 10.7. The molecule has 3 heteroatoms. The van der Waals surface area contributed by atoms with Gasteiger partial charge >= 0.3 is 6.09 Å². The molecular weight excluding hydrogens is 226 g/mol. The first-order valence-electron chi connectivity index (χ1n) is 5.66. The molecule has 0 fully saturated rings. The number of amides is 1. The maximum absolute atomic E-state index is 10.8. The summed E-state index contributed by atoms with van der Waals surface area (Å²) in [5.74, 6) is 0. The van der Waals surface area contributed by atoms with Gasteiger partial charge in [0.2, 0.25) is 0 Å². The number of carboxylic acid groups (broad SMARTS) is 1. The second-order valence-electron chi connectivity index (χ2n) is 4.12. The summed E-state index contributed by atoms with van der Waals surface area (Å²) in [6, 6.07) is 17.7. The van der Waals surface area contributed by atoms with E-state index in [9.17, 15) is 4.79 Å². The molecule has 2 N–H and O–H groups in total. The Labute approximate surface area is 104 Å². The second-order valence-corrected chi connectivity index (χ2v) is 4.12. The SMILES string of the molecule is O=C(O)Nc1cccc2c1ccc1ccccc12. The van der Waals surface area contributed by atoms with Gasteiger partial charge in [-0.25, -0.2) is 4.79 Å². The van der Waals surface area contributed by atoms with Crippen molar-refractivity contribution in [3.05, 3.63) is 54.6 Å². The summed E-state index contributed by atoms with van der Waals surface area (Å²) in [6.07, 6.45) is -1.05. The van der Waals surface area contributed by atoms with Crippen LogP contribution >= 0.6 is 0 Å². The van der Waals surface area contributed by atoms with Crippen molar-refractivity contribution in [1.82, 2.24) is 0 Å². The first-order chi connectivity index (χ1) is 8.75. The number of hydrogen-bond acceptors (Lipinski definition) is 1. The van der Waals surface area contributed by atoms with Crippen LogP contribution in [0.25, 0.3) is 21.5 Å². The minimum absolute atomic E-state index is 0.616. The van der Waals surface area contributed by atoms with Crippen LogP contribution in [0.3, 0.4) is 0 Å². The summed E-state index contributed by atoms with van der Waals surface area (Å²) in [4.78, 5) is 10.8. The van der Waals surface area contributed by atoms with Crippen molar-refractivity contribution in [2.24, 2.45) is 0 Å². The van der Waals surface area contributed by atoms with E-state index in [4.69, 9.17) is 5.11 Å². The van der Waals surface area contributed by atoms with E-state index in [0.29, 0.717) is 5.69 Å². The van der Waals surface area contributed by atoms with E-state index in [-0.39, 0.29) is 0 Å². The molecule has 0 aliphatic rings. The average molecular weight is 237 g/mol. The molecule has 0 bridgehead atoms. The van der Waals surface area contributed by atoms with E-state index < -0.39 is 6.09 Å². The van der Waals surface area contributed by atoms with Crippen molar-refractivity contribution in [2.75, 3.05) is 5.32 Å². The third kappa shape index (κ3) is 1.66. The van der Waals surface area contributed by atoms with E-state index >= 15 is 0 Å². The molecule has 88 valence electrons. The number of fused-ring (bicyclic) bond motifs is 3. The van der Waals surface area contributed by atoms with Crippen LogP contribution in [0.1, 0.15) is 0 Å². The van der Waals surface area contributed by atoms with Crippen molar-refractivity contribution < 1.29 is 9.90 Å². The number of carbonyl (C=O) groups is 1. The van der Waals surface area contributed by atoms with E-state index in [1.165, 1.54) is 0 Å². The van der Waals surface area contributed by atoms with Crippen molar-refractivity contribution >= 4 is 33.3 Å². The Morgan fingerprint density at radius 3 is 2.44 bits per heavy atom. The maximum atomic E-state index is 10.8. The molecule has 18 heavy (non-hydrogen) atoms. The minimum atomic E-state index is -1.05. The summed E-state index contributed by atoms with van der Waals surface area (Å²) in [7, 11) is 0. The third-order valence-corrected chi connectivity index (χ3v) is 3.03. The van der Waals surface area contributed by atoms with Crippen LogP contribution in [-0.4, -0.2) is 11.2 Å². The summed E-state index contributed by atoms with van der Waals surface area (Å²) >= 11 is 0. The molecule has 0 spiro atoms. The fraction of sp³-hybridized carbons (Fsp3) is 0. The lowest BCUT2D eigenvalue weighted by atomic mass is 10.0. The van der Waals surface area contributed by atoms with Crippen LogP contribution in [0.15, 0.2) is 54.6 Å². The third-order valence-electron chi connectivity index (χ3n) is 3.03. The van der Waals surface area contributed by atoms with Gasteiger partial charge in [-0.2, -0.15) is 0 Å². The highest BCUT2D eigenvalue weighted by atomic mass is 16.4. The molecule has 0 aliphatic carbocycles. The summed E-state index contributed by atoms with van der Waals surface area (Å²) in [6.45, 7) is 0. The highest BCUT2D eigenvalue weighted by molar-refractivity contribution is 6.12. The maximum Gasteiger partial charge on any atom is 0.409 e. The lowest BCUT2D eigenvalue weighted by molar-refractivity contribution is 0.210. The molecule has 3 rings (SSSR count). The van der Waals surface area contributed by atoms with Crippen molar-refractivity contribution in [3.63, 3.8) is 0 Å². The summed E-state index contributed by atoms with van der Waals surface area (Å²) < 4.78 is 0. The highest BCUT2D eigenvalue weighted by Gasteiger charge is 2.05. The Balaban J connectivity index is 2.36. The zero-order valence-corrected chi connectivity index (χ0v) is 9.55. The van der Waals surface area contributed by atoms with Gasteiger partial charge in [0, 0.05) is 5.39 Å². The van der Waals surface area contributed by atoms with Crippen molar-refractivity contribution in [1.29, 1.82) is 0 Å². The molecule has 0 atom stereocenters. The Kier molecular flexibility index (Phi) is 2.38. The number of nitrogens with one attached hydrogen (secondary N) is 1. The Morgan fingerprint density at radius 2 is 1.61 bits per heavy atom. The molecular formula is C15H11NO2. The van der Waals surface area contributed by atoms with Gasteiger partial charge in [0.1, 0.15) is 0 Å². The number of hydrogen-bond donors (Lipinski definition) is 2. The number of anilines is 1. The predicted molar refractivity (Wildman–Crippen MR) is 73.1 cm³/mol. The largest absolute Gasteiger partial charge is 0.465 e. The molecule has 0 aromatic heterocycles. The smallest absolute Gasteiger partial charge is 0.409 e. The first kappa shape index (κ1) is 10.6. The fourth-order valence-electron chi connectivity index (χ4n) is 2.26. The quantitative estimate of drug-likeness (QED) is 0.626. The first-order valence-corrected chi connectivity index (χ1v) is 5.66. The molecule has 3 nitrogen and oxygen atoms in total. The van der Waals surface area contributed by atoms with E-state index in [2.05, 4.69) is 5.32 Å². The molecule has 0 unspecified atom stereocenters. The topological polar surface area (TPSA) is 49.3 Å². The van der Waals surface area contributed by atoms with Gasteiger partial charge in [-0.3, -0.25) is 5.32 Å². The lowest BCUT2D eigenvalue weighted by Crippen LogP contribution is -2.07. The minimum Gasteiger partial charge on any atom is -0.465 e. The van der Waals surface area contributed by atoms with E-state index in [0.717, 1.165) is 21.5 Å². The molecule has 3 aromatic rings. The zero-order valence-electron chi connectivity index (χ0n) is 9.55. The lowest BCUT2D eigenvalue weighted by Gasteiger charge is -2.08. The van der Waals surface area contributed by atoms with Crippen LogP contribution in [0.2, 0.25) is 0 Å². The highest BCUT2D eigenvalue weighted by Crippen LogP contribution is 2.30. The molecule has 0 heterocycles. The van der Waals surface area contributed by atoms with Crippen LogP contribution in [0, 0.1) is 0 Å². The van der Waals surface area contributed by atoms with Gasteiger partial charge in [-0.05, 0) is 22.2 Å². The van der Waals surface area contributed by atoms with E-state index in [1.807, 2.05) is 48.5 Å². The van der Waals surface area contributed by atoms with Crippen LogP contribution < -0.4 is 5.32 Å². The molecule has 0 radical (unpaired) electrons. The van der Waals surface area contributed by atoms with Gasteiger partial charge in [0.15, 0.2) is 0 Å².